The molecule has 0 saturated carbocycles. The topological polar surface area (TPSA) is 109 Å². The van der Waals surface area contributed by atoms with Crippen molar-refractivity contribution in [3.05, 3.63) is 84.3 Å². The van der Waals surface area contributed by atoms with Crippen LogP contribution in [0.1, 0.15) is 16.4 Å². The highest BCUT2D eigenvalue weighted by molar-refractivity contribution is 7.73. The van der Waals surface area contributed by atoms with Crippen LogP contribution in [0.3, 0.4) is 0 Å². The van der Waals surface area contributed by atoms with Crippen LogP contribution in [-0.2, 0) is 17.1 Å². The van der Waals surface area contributed by atoms with E-state index >= 15 is 0 Å². The zero-order valence-corrected chi connectivity index (χ0v) is 21.5. The van der Waals surface area contributed by atoms with Crippen LogP contribution >= 0.6 is 0 Å². The minimum Gasteiger partial charge on any atom is -0.459 e. The Kier molecular flexibility index (Phi) is 7.43. The molecule has 0 unspecified atom stereocenters. The van der Waals surface area contributed by atoms with Gasteiger partial charge in [-0.25, -0.2) is 22.8 Å². The predicted molar refractivity (Wildman–Crippen MR) is 139 cm³/mol. The quantitative estimate of drug-likeness (QED) is 0.258. The van der Waals surface area contributed by atoms with Crippen molar-refractivity contribution in [3.8, 4) is 22.4 Å². The van der Waals surface area contributed by atoms with E-state index in [9.17, 15) is 30.8 Å². The average molecular weight is 576 g/mol. The van der Waals surface area contributed by atoms with Gasteiger partial charge in [-0.1, -0.05) is 12.1 Å². The first kappa shape index (κ1) is 27.1. The molecule has 9 nitrogen and oxygen atoms in total. The van der Waals surface area contributed by atoms with E-state index < -0.39 is 28.7 Å². The van der Waals surface area contributed by atoms with Crippen molar-refractivity contribution in [3.63, 3.8) is 0 Å². The number of halogens is 4. The highest BCUT2D eigenvalue weighted by Gasteiger charge is 2.38. The van der Waals surface area contributed by atoms with Crippen LogP contribution in [0.25, 0.3) is 22.4 Å². The Bertz CT molecular complexity index is 1590. The van der Waals surface area contributed by atoms with Gasteiger partial charge in [0.25, 0.3) is 5.91 Å². The molecule has 0 atom stereocenters. The van der Waals surface area contributed by atoms with Crippen LogP contribution in [0.4, 0.5) is 29.1 Å². The number of anilines is 2. The molecule has 0 aliphatic carbocycles. The number of nitrogens with one attached hydrogen (secondary N) is 1. The number of thiol groups is 1. The van der Waals surface area contributed by atoms with Gasteiger partial charge in [0.05, 0.1) is 17.5 Å². The molecule has 4 aromatic rings. The van der Waals surface area contributed by atoms with Gasteiger partial charge in [-0.15, -0.1) is 0 Å². The predicted octanol–water partition coefficient (Wildman–Crippen LogP) is 4.46. The molecule has 1 aliphatic rings. The number of aromatic nitrogens is 2. The highest BCUT2D eigenvalue weighted by Crippen LogP contribution is 2.41. The fraction of sp³-hybridized carbons (Fsp3) is 0.192. The van der Waals surface area contributed by atoms with E-state index in [-0.39, 0.29) is 66.2 Å². The highest BCUT2D eigenvalue weighted by atomic mass is 32.2. The summed E-state index contributed by atoms with van der Waals surface area (Å²) in [5.41, 5.74) is 0.785. The number of benzene rings is 2. The minimum absolute atomic E-state index is 0.0598. The molecular formula is C26H21F4N5O4S. The number of nitrogens with zero attached hydrogens (tertiary/aromatic N) is 4. The maximum absolute atomic E-state index is 14.0. The van der Waals surface area contributed by atoms with Gasteiger partial charge >= 0.3 is 6.18 Å². The first-order chi connectivity index (χ1) is 19.1. The summed E-state index contributed by atoms with van der Waals surface area (Å²) >= 11 is 0. The summed E-state index contributed by atoms with van der Waals surface area (Å²) in [5.74, 6) is -2.23. The van der Waals surface area contributed by atoms with Crippen LogP contribution in [0.5, 0.6) is 0 Å². The van der Waals surface area contributed by atoms with E-state index in [4.69, 9.17) is 4.42 Å². The first-order valence-electron chi connectivity index (χ1n) is 11.9. The van der Waals surface area contributed by atoms with Crippen molar-refractivity contribution in [1.29, 1.82) is 0 Å². The summed E-state index contributed by atoms with van der Waals surface area (Å²) in [6, 6.07) is 14.0. The molecule has 2 aromatic heterocycles. The lowest BCUT2D eigenvalue weighted by Gasteiger charge is -2.36. The second-order valence-corrected chi connectivity index (χ2v) is 9.54. The zero-order valence-electron chi connectivity index (χ0n) is 20.6. The number of hydrogen-bond acceptors (Lipinski definition) is 7. The molecular weight excluding hydrogens is 554 g/mol. The van der Waals surface area contributed by atoms with Crippen molar-refractivity contribution >= 4 is 28.3 Å². The molecule has 2 aromatic carbocycles. The van der Waals surface area contributed by atoms with Gasteiger partial charge in [-0.2, -0.15) is 13.2 Å². The van der Waals surface area contributed by atoms with E-state index in [0.717, 1.165) is 12.1 Å². The molecule has 3 heterocycles. The lowest BCUT2D eigenvalue weighted by atomic mass is 9.98. The van der Waals surface area contributed by atoms with Crippen molar-refractivity contribution in [1.82, 2.24) is 14.9 Å². The molecule has 208 valence electrons. The average Bonchev–Trinajstić information content (AvgIpc) is 3.47. The molecule has 1 saturated heterocycles. The Hall–Kier alpha value is -4.46. The van der Waals surface area contributed by atoms with Crippen LogP contribution in [0.15, 0.2) is 71.3 Å². The normalized spacial score (nSPS) is 14.0. The second kappa shape index (κ2) is 11.0. The summed E-state index contributed by atoms with van der Waals surface area (Å²) in [5, 5.41) is 0. The van der Waals surface area contributed by atoms with Gasteiger partial charge < -0.3 is 14.2 Å². The number of carbonyl (C=O) groups is 1. The molecule has 0 radical (unpaired) electrons. The molecule has 1 amide bonds. The number of amides is 1. The summed E-state index contributed by atoms with van der Waals surface area (Å²) in [6.45, 7) is 0.630. The molecule has 5 rings (SSSR count). The molecule has 1 aliphatic heterocycles. The van der Waals surface area contributed by atoms with Gasteiger partial charge in [0.1, 0.15) is 11.6 Å². The summed E-state index contributed by atoms with van der Waals surface area (Å²) in [6.07, 6.45) is -3.53. The fourth-order valence-electron chi connectivity index (χ4n) is 4.41. The van der Waals surface area contributed by atoms with Gasteiger partial charge in [0, 0.05) is 37.4 Å². The van der Waals surface area contributed by atoms with E-state index in [1.807, 2.05) is 0 Å². The minimum atomic E-state index is -4.90. The number of alkyl halides is 3. The third-order valence-electron chi connectivity index (χ3n) is 6.23. The van der Waals surface area contributed by atoms with Crippen LogP contribution in [0.2, 0.25) is 0 Å². The van der Waals surface area contributed by atoms with Crippen LogP contribution in [-0.4, -0.2) is 55.4 Å². The lowest BCUT2D eigenvalue weighted by Crippen LogP contribution is -2.49. The van der Waals surface area contributed by atoms with E-state index in [2.05, 4.69) is 14.7 Å². The second-order valence-electron chi connectivity index (χ2n) is 8.81. The van der Waals surface area contributed by atoms with E-state index in [1.165, 1.54) is 47.6 Å². The Morgan fingerprint density at radius 1 is 0.925 bits per heavy atom. The van der Waals surface area contributed by atoms with Crippen LogP contribution in [0, 0.1) is 5.82 Å². The molecule has 40 heavy (non-hydrogen) atoms. The standard InChI is InChI=1S/C26H21F4N5O4S/c27-18-8-6-16(7-9-18)22-21(17-3-1-4-19(15-17)33-40(37)38)23(32-25(31-22)26(28,29)30)34-10-12-35(13-11-34)24(36)20-5-2-14-39-20/h1-9,14-15,40H,10-13H2,(H,33,37,38). The van der Waals surface area contributed by atoms with E-state index in [0.29, 0.717) is 5.56 Å². The van der Waals surface area contributed by atoms with Crippen LogP contribution < -0.4 is 9.62 Å². The largest absolute Gasteiger partial charge is 0.459 e. The molecule has 14 heteroatoms. The SMILES string of the molecule is O=C(c1ccco1)N1CCN(c2nc(C(F)(F)F)nc(-c3ccc(F)cc3)c2-c2cccc(N[SH](=O)=O)c2)CC1. The number of furan rings is 1. The Morgan fingerprint density at radius 3 is 2.27 bits per heavy atom. The molecule has 1 N–H and O–H groups in total. The summed E-state index contributed by atoms with van der Waals surface area (Å²) < 4.78 is 85.8. The number of hydrogen-bond donors (Lipinski definition) is 2. The van der Waals surface area contributed by atoms with Crippen molar-refractivity contribution in [2.24, 2.45) is 0 Å². The lowest BCUT2D eigenvalue weighted by molar-refractivity contribution is -0.144. The fourth-order valence-corrected chi connectivity index (χ4v) is 4.76. The van der Waals surface area contributed by atoms with Gasteiger partial charge in [0.15, 0.2) is 5.76 Å². The van der Waals surface area contributed by atoms with E-state index in [1.54, 1.807) is 17.0 Å². The Labute approximate surface area is 227 Å². The Morgan fingerprint density at radius 2 is 1.65 bits per heavy atom. The number of piperazine rings is 1. The third-order valence-corrected chi connectivity index (χ3v) is 6.67. The van der Waals surface area contributed by atoms with Crippen molar-refractivity contribution in [2.45, 2.75) is 6.18 Å². The molecule has 0 bridgehead atoms. The monoisotopic (exact) mass is 575 g/mol. The first-order valence-corrected chi connectivity index (χ1v) is 13.1. The maximum atomic E-state index is 14.0. The maximum Gasteiger partial charge on any atom is 0.451 e. The third kappa shape index (κ3) is 5.76. The number of carbonyl (C=O) groups excluding carboxylic acids is 1. The van der Waals surface area contributed by atoms with Crippen molar-refractivity contribution in [2.75, 3.05) is 35.8 Å². The zero-order chi connectivity index (χ0) is 28.4. The summed E-state index contributed by atoms with van der Waals surface area (Å²) in [7, 11) is -3.01. The number of rotatable bonds is 6. The van der Waals surface area contributed by atoms with Gasteiger partial charge in [0.2, 0.25) is 16.7 Å². The van der Waals surface area contributed by atoms with Gasteiger partial charge in [-0.05, 0) is 54.1 Å². The van der Waals surface area contributed by atoms with Crippen molar-refractivity contribution < 1.29 is 35.2 Å². The summed E-state index contributed by atoms with van der Waals surface area (Å²) in [4.78, 5) is 23.6. The van der Waals surface area contributed by atoms with Gasteiger partial charge in [-0.3, -0.25) is 9.52 Å². The molecule has 1 fully saturated rings. The molecule has 0 spiro atoms. The Balaban J connectivity index is 1.64. The smallest absolute Gasteiger partial charge is 0.451 e.